The second-order valence-electron chi connectivity index (χ2n) is 6.16. The molecule has 0 fully saturated rings. The van der Waals surface area contributed by atoms with Crippen LogP contribution in [-0.4, -0.2) is 15.8 Å². The Balaban J connectivity index is 1.59. The molecule has 1 amide bonds. The number of aromatic nitrogens is 1. The maximum absolute atomic E-state index is 12.5. The predicted molar refractivity (Wildman–Crippen MR) is 101 cm³/mol. The number of nitrogens with one attached hydrogen (secondary N) is 1. The van der Waals surface area contributed by atoms with Gasteiger partial charge in [-0.05, 0) is 37.5 Å². The van der Waals surface area contributed by atoms with Crippen LogP contribution in [0.5, 0.6) is 0 Å². The van der Waals surface area contributed by atoms with Crippen molar-refractivity contribution in [3.8, 4) is 11.3 Å². The van der Waals surface area contributed by atoms with E-state index in [4.69, 9.17) is 0 Å². The van der Waals surface area contributed by atoms with Crippen LogP contribution in [-0.2, 0) is 12.8 Å². The average molecular weight is 365 g/mol. The van der Waals surface area contributed by atoms with Gasteiger partial charge in [-0.25, -0.2) is 4.98 Å². The molecule has 1 aromatic heterocycles. The second kappa shape index (κ2) is 6.34. The Morgan fingerprint density at radius 1 is 1.23 bits per heavy atom. The van der Waals surface area contributed by atoms with Crippen molar-refractivity contribution in [3.63, 3.8) is 0 Å². The number of nitrogens with zero attached hydrogens (tertiary/aromatic N) is 2. The summed E-state index contributed by atoms with van der Waals surface area (Å²) in [7, 11) is 0. The van der Waals surface area contributed by atoms with E-state index in [2.05, 4.69) is 22.4 Å². The van der Waals surface area contributed by atoms with Gasteiger partial charge in [0.25, 0.3) is 11.6 Å². The van der Waals surface area contributed by atoms with Gasteiger partial charge in [0.1, 0.15) is 0 Å². The first-order valence-corrected chi connectivity index (χ1v) is 8.99. The monoisotopic (exact) mass is 365 g/mol. The van der Waals surface area contributed by atoms with Gasteiger partial charge in [0.15, 0.2) is 5.13 Å². The number of nitro groups is 1. The molecule has 0 bridgehead atoms. The van der Waals surface area contributed by atoms with Crippen molar-refractivity contribution in [3.05, 3.63) is 74.1 Å². The summed E-state index contributed by atoms with van der Waals surface area (Å²) in [6.45, 7) is 1.62. The van der Waals surface area contributed by atoms with Crippen LogP contribution >= 0.6 is 11.3 Å². The summed E-state index contributed by atoms with van der Waals surface area (Å²) < 4.78 is 0. The van der Waals surface area contributed by atoms with E-state index in [1.54, 1.807) is 6.92 Å². The van der Waals surface area contributed by atoms with Gasteiger partial charge in [0.2, 0.25) is 0 Å². The second-order valence-corrected chi connectivity index (χ2v) is 7.24. The molecule has 1 N–H and O–H groups in total. The molecule has 0 radical (unpaired) electrons. The largest absolute Gasteiger partial charge is 0.298 e. The van der Waals surface area contributed by atoms with Crippen molar-refractivity contribution in [1.29, 1.82) is 0 Å². The highest BCUT2D eigenvalue weighted by Gasteiger charge is 2.22. The summed E-state index contributed by atoms with van der Waals surface area (Å²) in [5.74, 6) is -0.317. The lowest BCUT2D eigenvalue weighted by atomic mass is 9.94. The fourth-order valence-corrected chi connectivity index (χ4v) is 4.14. The number of carbonyl (C=O) groups is 1. The van der Waals surface area contributed by atoms with Crippen LogP contribution in [0.2, 0.25) is 0 Å². The number of benzene rings is 2. The Morgan fingerprint density at radius 2 is 2.04 bits per heavy atom. The number of rotatable bonds is 3. The molecule has 0 atom stereocenters. The van der Waals surface area contributed by atoms with Gasteiger partial charge >= 0.3 is 0 Å². The Hall–Kier alpha value is -3.06. The third-order valence-electron chi connectivity index (χ3n) is 4.47. The van der Waals surface area contributed by atoms with E-state index in [9.17, 15) is 14.9 Å². The number of hydrogen-bond acceptors (Lipinski definition) is 5. The summed E-state index contributed by atoms with van der Waals surface area (Å²) in [5, 5.41) is 14.3. The van der Waals surface area contributed by atoms with E-state index in [1.165, 1.54) is 40.0 Å². The van der Waals surface area contributed by atoms with Crippen molar-refractivity contribution in [2.75, 3.05) is 5.32 Å². The van der Waals surface area contributed by atoms with Crippen LogP contribution in [0.25, 0.3) is 11.3 Å². The maximum Gasteiger partial charge on any atom is 0.272 e. The van der Waals surface area contributed by atoms with Crippen LogP contribution in [0, 0.1) is 17.0 Å². The number of nitro benzene ring substituents is 1. The third kappa shape index (κ3) is 2.86. The SMILES string of the molecule is Cc1cc(C(=O)Nc2nc3c(s2)CCc2ccccc2-3)ccc1[N+](=O)[O-]. The van der Waals surface area contributed by atoms with E-state index >= 15 is 0 Å². The zero-order valence-corrected chi connectivity index (χ0v) is 14.8. The number of anilines is 1. The van der Waals surface area contributed by atoms with Gasteiger partial charge in [0.05, 0.1) is 10.6 Å². The highest BCUT2D eigenvalue weighted by Crippen LogP contribution is 2.38. The van der Waals surface area contributed by atoms with Crippen molar-refractivity contribution < 1.29 is 9.72 Å². The van der Waals surface area contributed by atoms with Crippen LogP contribution in [0.15, 0.2) is 42.5 Å². The summed E-state index contributed by atoms with van der Waals surface area (Å²) in [6.07, 6.45) is 1.89. The van der Waals surface area contributed by atoms with Crippen LogP contribution in [0.1, 0.15) is 26.4 Å². The Labute approximate surface area is 153 Å². The highest BCUT2D eigenvalue weighted by atomic mass is 32.1. The topological polar surface area (TPSA) is 85.1 Å². The summed E-state index contributed by atoms with van der Waals surface area (Å²) >= 11 is 1.48. The number of thiazole rings is 1. The first-order valence-electron chi connectivity index (χ1n) is 8.17. The smallest absolute Gasteiger partial charge is 0.272 e. The number of aryl methyl sites for hydroxylation is 3. The van der Waals surface area contributed by atoms with E-state index in [1.807, 2.05) is 12.1 Å². The van der Waals surface area contributed by atoms with E-state index in [-0.39, 0.29) is 11.6 Å². The molecule has 0 saturated heterocycles. The van der Waals surface area contributed by atoms with Crippen molar-refractivity contribution in [1.82, 2.24) is 4.98 Å². The van der Waals surface area contributed by atoms with Gasteiger partial charge < -0.3 is 0 Å². The first kappa shape index (κ1) is 16.4. The zero-order valence-electron chi connectivity index (χ0n) is 14.0. The lowest BCUT2D eigenvalue weighted by molar-refractivity contribution is -0.385. The molecule has 0 unspecified atom stereocenters. The van der Waals surface area contributed by atoms with Crippen LogP contribution in [0.4, 0.5) is 10.8 Å². The van der Waals surface area contributed by atoms with E-state index in [0.29, 0.717) is 16.3 Å². The zero-order chi connectivity index (χ0) is 18.3. The molecule has 1 aliphatic rings. The van der Waals surface area contributed by atoms with Crippen molar-refractivity contribution in [2.45, 2.75) is 19.8 Å². The highest BCUT2D eigenvalue weighted by molar-refractivity contribution is 7.16. The summed E-state index contributed by atoms with van der Waals surface area (Å²) in [4.78, 5) is 28.7. The molecule has 0 aliphatic heterocycles. The minimum Gasteiger partial charge on any atom is -0.298 e. The first-order chi connectivity index (χ1) is 12.5. The Bertz CT molecular complexity index is 1040. The van der Waals surface area contributed by atoms with Crippen LogP contribution in [0.3, 0.4) is 0 Å². The lowest BCUT2D eigenvalue weighted by Gasteiger charge is -2.13. The fourth-order valence-electron chi connectivity index (χ4n) is 3.17. The van der Waals surface area contributed by atoms with Gasteiger partial charge in [-0.3, -0.25) is 20.2 Å². The minimum atomic E-state index is -0.455. The van der Waals surface area contributed by atoms with Crippen molar-refractivity contribution >= 4 is 28.1 Å². The molecule has 2 aromatic carbocycles. The predicted octanol–water partition coefficient (Wildman–Crippen LogP) is 4.38. The third-order valence-corrected chi connectivity index (χ3v) is 5.50. The molecule has 26 heavy (non-hydrogen) atoms. The van der Waals surface area contributed by atoms with E-state index < -0.39 is 4.92 Å². The molecule has 6 nitrogen and oxygen atoms in total. The van der Waals surface area contributed by atoms with Gasteiger partial charge in [-0.2, -0.15) is 0 Å². The molecule has 0 spiro atoms. The van der Waals surface area contributed by atoms with Gasteiger partial charge in [-0.15, -0.1) is 11.3 Å². The number of amides is 1. The summed E-state index contributed by atoms with van der Waals surface area (Å²) in [5.41, 5.74) is 4.16. The minimum absolute atomic E-state index is 0.00266. The maximum atomic E-state index is 12.5. The van der Waals surface area contributed by atoms with Gasteiger partial charge in [0, 0.05) is 27.6 Å². The average Bonchev–Trinajstić information content (AvgIpc) is 3.04. The molecule has 7 heteroatoms. The quantitative estimate of drug-likeness (QED) is 0.551. The van der Waals surface area contributed by atoms with E-state index in [0.717, 1.165) is 24.1 Å². The standard InChI is InChI=1S/C19H15N3O3S/c1-11-10-13(6-8-15(11)22(24)25)18(23)21-19-20-17-14-5-3-2-4-12(14)7-9-16(17)26-19/h2-6,8,10H,7,9H2,1H3,(H,20,21,23). The Morgan fingerprint density at radius 3 is 2.81 bits per heavy atom. The molecule has 1 heterocycles. The Kier molecular flexibility index (Phi) is 4.00. The van der Waals surface area contributed by atoms with Crippen LogP contribution < -0.4 is 5.32 Å². The number of hydrogen-bond donors (Lipinski definition) is 1. The lowest BCUT2D eigenvalue weighted by Crippen LogP contribution is -2.12. The summed E-state index contributed by atoms with van der Waals surface area (Å²) in [6, 6.07) is 12.5. The molecule has 4 rings (SSSR count). The van der Waals surface area contributed by atoms with Gasteiger partial charge in [-0.1, -0.05) is 24.3 Å². The molecule has 130 valence electrons. The molecule has 1 aliphatic carbocycles. The van der Waals surface area contributed by atoms with Crippen molar-refractivity contribution in [2.24, 2.45) is 0 Å². The molecular formula is C19H15N3O3S. The number of fused-ring (bicyclic) bond motifs is 3. The molecule has 3 aromatic rings. The normalized spacial score (nSPS) is 12.2. The molecule has 0 saturated carbocycles. The fraction of sp³-hybridized carbons (Fsp3) is 0.158. The number of carbonyl (C=O) groups excluding carboxylic acids is 1. The molecular weight excluding hydrogens is 350 g/mol.